The molecule has 0 spiro atoms. The highest BCUT2D eigenvalue weighted by atomic mass is 32.2. The van der Waals surface area contributed by atoms with Gasteiger partial charge in [0.2, 0.25) is 15.9 Å². The van der Waals surface area contributed by atoms with Crippen molar-refractivity contribution in [3.8, 4) is 0 Å². The molecule has 0 heterocycles. The molecule has 1 aromatic carbocycles. The third kappa shape index (κ3) is 4.23. The van der Waals surface area contributed by atoms with Crippen LogP contribution in [-0.2, 0) is 14.8 Å². The van der Waals surface area contributed by atoms with Gasteiger partial charge in [0, 0.05) is 6.04 Å². The van der Waals surface area contributed by atoms with E-state index in [1.807, 2.05) is 26.8 Å². The average molecular weight is 298 g/mol. The minimum Gasteiger partial charge on any atom is -0.352 e. The monoisotopic (exact) mass is 298 g/mol. The number of carbonyl (C=O) groups excluding carboxylic acids is 1. The van der Waals surface area contributed by atoms with Crippen LogP contribution >= 0.6 is 0 Å². The van der Waals surface area contributed by atoms with E-state index in [-0.39, 0.29) is 11.9 Å². The van der Waals surface area contributed by atoms with Gasteiger partial charge in [0.05, 0.1) is 11.9 Å². The smallest absolute Gasteiger partial charge is 0.243 e. The number of hydrogen-bond acceptors (Lipinski definition) is 3. The van der Waals surface area contributed by atoms with Gasteiger partial charge in [0.25, 0.3) is 0 Å². The van der Waals surface area contributed by atoms with Crippen LogP contribution in [0.15, 0.2) is 24.3 Å². The van der Waals surface area contributed by atoms with Gasteiger partial charge in [0.15, 0.2) is 0 Å². The van der Waals surface area contributed by atoms with Gasteiger partial charge >= 0.3 is 0 Å². The van der Waals surface area contributed by atoms with Gasteiger partial charge in [0.1, 0.15) is 6.04 Å². The third-order valence-electron chi connectivity index (χ3n) is 2.78. The van der Waals surface area contributed by atoms with Crippen molar-refractivity contribution in [2.45, 2.75) is 39.8 Å². The minimum absolute atomic E-state index is 0.0381. The Hall–Kier alpha value is -1.56. The summed E-state index contributed by atoms with van der Waals surface area (Å²) in [6, 6.07) is 6.25. The summed E-state index contributed by atoms with van der Waals surface area (Å²) in [7, 11) is -3.54. The van der Waals surface area contributed by atoms with Crippen molar-refractivity contribution < 1.29 is 13.2 Å². The Kier molecular flexibility index (Phi) is 5.16. The van der Waals surface area contributed by atoms with Crippen LogP contribution in [0.1, 0.15) is 26.3 Å². The SMILES string of the molecule is Cc1cccc(N([C@H](C)C(=O)NC(C)C)S(C)(=O)=O)c1. The fourth-order valence-electron chi connectivity index (χ4n) is 1.98. The first-order valence-electron chi connectivity index (χ1n) is 6.49. The van der Waals surface area contributed by atoms with Gasteiger partial charge in [-0.05, 0) is 45.4 Å². The number of sulfonamides is 1. The molecule has 1 amide bonds. The molecule has 0 aliphatic heterocycles. The Balaban J connectivity index is 3.18. The molecule has 0 aromatic heterocycles. The van der Waals surface area contributed by atoms with Crippen molar-refractivity contribution in [1.29, 1.82) is 0 Å². The van der Waals surface area contributed by atoms with Crippen LogP contribution in [0.2, 0.25) is 0 Å². The number of nitrogens with one attached hydrogen (secondary N) is 1. The van der Waals surface area contributed by atoms with E-state index in [4.69, 9.17) is 0 Å². The van der Waals surface area contributed by atoms with Crippen molar-refractivity contribution in [2.75, 3.05) is 10.6 Å². The van der Waals surface area contributed by atoms with E-state index >= 15 is 0 Å². The Morgan fingerprint density at radius 1 is 1.25 bits per heavy atom. The van der Waals surface area contributed by atoms with E-state index in [0.29, 0.717) is 5.69 Å². The lowest BCUT2D eigenvalue weighted by Crippen LogP contribution is -2.49. The van der Waals surface area contributed by atoms with E-state index in [1.165, 1.54) is 0 Å². The molecule has 6 heteroatoms. The highest BCUT2D eigenvalue weighted by molar-refractivity contribution is 7.92. The molecule has 0 saturated heterocycles. The molecular formula is C14H22N2O3S. The summed E-state index contributed by atoms with van der Waals surface area (Å²) >= 11 is 0. The van der Waals surface area contributed by atoms with Crippen LogP contribution in [0, 0.1) is 6.92 Å². The van der Waals surface area contributed by atoms with Crippen molar-refractivity contribution in [3.63, 3.8) is 0 Å². The molecule has 1 N–H and O–H groups in total. The second-order valence-corrected chi connectivity index (χ2v) is 7.10. The summed E-state index contributed by atoms with van der Waals surface area (Å²) in [5.41, 5.74) is 1.44. The number of aryl methyl sites for hydroxylation is 1. The number of amides is 1. The largest absolute Gasteiger partial charge is 0.352 e. The summed E-state index contributed by atoms with van der Waals surface area (Å²) in [5.74, 6) is -0.313. The molecule has 112 valence electrons. The van der Waals surface area contributed by atoms with Crippen LogP contribution < -0.4 is 9.62 Å². The summed E-state index contributed by atoms with van der Waals surface area (Å²) in [4.78, 5) is 12.1. The zero-order chi connectivity index (χ0) is 15.5. The molecule has 0 unspecified atom stereocenters. The topological polar surface area (TPSA) is 66.5 Å². The van der Waals surface area contributed by atoms with Crippen molar-refractivity contribution in [3.05, 3.63) is 29.8 Å². The van der Waals surface area contributed by atoms with E-state index < -0.39 is 16.1 Å². The van der Waals surface area contributed by atoms with Gasteiger partial charge in [-0.2, -0.15) is 0 Å². The number of nitrogens with zero attached hydrogens (tertiary/aromatic N) is 1. The predicted octanol–water partition coefficient (Wildman–Crippen LogP) is 1.67. The van der Waals surface area contributed by atoms with Crippen LogP contribution in [0.4, 0.5) is 5.69 Å². The molecular weight excluding hydrogens is 276 g/mol. The minimum atomic E-state index is -3.54. The summed E-state index contributed by atoms with van der Waals surface area (Å²) < 4.78 is 25.2. The average Bonchev–Trinajstić information content (AvgIpc) is 2.26. The normalized spacial score (nSPS) is 13.1. The zero-order valence-electron chi connectivity index (χ0n) is 12.5. The number of anilines is 1. The molecule has 0 aliphatic rings. The molecule has 1 rings (SSSR count). The quantitative estimate of drug-likeness (QED) is 0.899. The van der Waals surface area contributed by atoms with Gasteiger partial charge < -0.3 is 5.32 Å². The van der Waals surface area contributed by atoms with E-state index in [0.717, 1.165) is 16.1 Å². The first-order valence-corrected chi connectivity index (χ1v) is 8.34. The molecule has 1 aromatic rings. The van der Waals surface area contributed by atoms with Crippen molar-refractivity contribution in [1.82, 2.24) is 5.32 Å². The summed E-state index contributed by atoms with van der Waals surface area (Å²) in [5, 5.41) is 2.73. The second-order valence-electron chi connectivity index (χ2n) is 5.24. The highest BCUT2D eigenvalue weighted by Gasteiger charge is 2.29. The number of hydrogen-bond donors (Lipinski definition) is 1. The van der Waals surface area contributed by atoms with Gasteiger partial charge in [-0.3, -0.25) is 9.10 Å². The molecule has 1 atom stereocenters. The maximum absolute atomic E-state index is 12.1. The standard InChI is InChI=1S/C14H22N2O3S/c1-10(2)15-14(17)12(4)16(20(5,18)19)13-8-6-7-11(3)9-13/h6-10,12H,1-5H3,(H,15,17)/t12-/m1/s1. The fraction of sp³-hybridized carbons (Fsp3) is 0.500. The lowest BCUT2D eigenvalue weighted by molar-refractivity contribution is -0.122. The van der Waals surface area contributed by atoms with Gasteiger partial charge in [-0.15, -0.1) is 0 Å². The molecule has 0 saturated carbocycles. The zero-order valence-corrected chi connectivity index (χ0v) is 13.4. The number of carbonyl (C=O) groups is 1. The molecule has 0 fully saturated rings. The third-order valence-corrected chi connectivity index (χ3v) is 4.02. The van der Waals surface area contributed by atoms with Crippen LogP contribution in [0.25, 0.3) is 0 Å². The van der Waals surface area contributed by atoms with Crippen molar-refractivity contribution >= 4 is 21.6 Å². The first kappa shape index (κ1) is 16.5. The Bertz CT molecular complexity index is 582. The first-order chi connectivity index (χ1) is 9.12. The molecule has 0 bridgehead atoms. The van der Waals surface area contributed by atoms with Crippen LogP contribution in [0.3, 0.4) is 0 Å². The number of benzene rings is 1. The second kappa shape index (κ2) is 6.26. The highest BCUT2D eigenvalue weighted by Crippen LogP contribution is 2.21. The lowest BCUT2D eigenvalue weighted by atomic mass is 10.2. The summed E-state index contributed by atoms with van der Waals surface area (Å²) in [6.07, 6.45) is 1.11. The molecule has 0 aliphatic carbocycles. The molecule has 5 nitrogen and oxygen atoms in total. The molecule has 0 radical (unpaired) electrons. The Labute approximate surface area is 121 Å². The fourth-order valence-corrected chi connectivity index (χ4v) is 3.15. The number of rotatable bonds is 5. The van der Waals surface area contributed by atoms with Crippen LogP contribution in [0.5, 0.6) is 0 Å². The maximum atomic E-state index is 12.1. The maximum Gasteiger partial charge on any atom is 0.243 e. The summed E-state index contributed by atoms with van der Waals surface area (Å²) in [6.45, 7) is 7.13. The van der Waals surface area contributed by atoms with E-state index in [2.05, 4.69) is 5.32 Å². The van der Waals surface area contributed by atoms with E-state index in [1.54, 1.807) is 25.1 Å². The van der Waals surface area contributed by atoms with E-state index in [9.17, 15) is 13.2 Å². The predicted molar refractivity (Wildman–Crippen MR) is 81.2 cm³/mol. The van der Waals surface area contributed by atoms with Gasteiger partial charge in [-0.25, -0.2) is 8.42 Å². The molecule has 20 heavy (non-hydrogen) atoms. The Morgan fingerprint density at radius 3 is 2.30 bits per heavy atom. The van der Waals surface area contributed by atoms with Crippen molar-refractivity contribution in [2.24, 2.45) is 0 Å². The Morgan fingerprint density at radius 2 is 1.85 bits per heavy atom. The van der Waals surface area contributed by atoms with Gasteiger partial charge in [-0.1, -0.05) is 12.1 Å². The lowest BCUT2D eigenvalue weighted by Gasteiger charge is -2.29. The van der Waals surface area contributed by atoms with Crippen LogP contribution in [-0.4, -0.2) is 32.7 Å².